The van der Waals surface area contributed by atoms with Crippen LogP contribution in [0.2, 0.25) is 0 Å². The Hall–Kier alpha value is -5.26. The van der Waals surface area contributed by atoms with Gasteiger partial charge in [0.25, 0.3) is 5.69 Å². The number of fused-ring (bicyclic) bond motifs is 1. The lowest BCUT2D eigenvalue weighted by atomic mass is 9.79. The van der Waals surface area contributed by atoms with Crippen molar-refractivity contribution in [2.75, 3.05) is 27.4 Å². The van der Waals surface area contributed by atoms with Crippen LogP contribution < -0.4 is 10.1 Å². The molecule has 0 spiro atoms. The Bertz CT molecular complexity index is 1610. The number of nitrogens with zero attached hydrogens (tertiary/aromatic N) is 2. The van der Waals surface area contributed by atoms with Crippen LogP contribution in [0.15, 0.2) is 77.3 Å². The highest BCUT2D eigenvalue weighted by Gasteiger charge is 2.40. The predicted molar refractivity (Wildman–Crippen MR) is 146 cm³/mol. The van der Waals surface area contributed by atoms with Crippen LogP contribution in [0.25, 0.3) is 10.9 Å². The molecule has 2 aromatic carbocycles. The first-order chi connectivity index (χ1) is 19.7. The Morgan fingerprint density at radius 2 is 1.59 bits per heavy atom. The summed E-state index contributed by atoms with van der Waals surface area (Å²) >= 11 is 0. The summed E-state index contributed by atoms with van der Waals surface area (Å²) in [5.41, 5.74) is 1.47. The minimum absolute atomic E-state index is 0.00990. The molecule has 0 aliphatic carbocycles. The standard InChI is InChI=1S/C29H27N3O9/c1-16-24(28(34)39-4)26(21-7-5-6-8-23(21)32(36)37)25(17(2)31-16)29(35)41-12-11-40-27(33)19-13-18-14-20(38-3)9-10-22(18)30-15-19/h5-10,13-15,26,31H,11-12H2,1-4H3. The van der Waals surface area contributed by atoms with Crippen LogP contribution in [0.4, 0.5) is 5.69 Å². The van der Waals surface area contributed by atoms with E-state index in [1.165, 1.54) is 38.6 Å². The summed E-state index contributed by atoms with van der Waals surface area (Å²) in [5, 5.41) is 15.5. The van der Waals surface area contributed by atoms with Gasteiger partial charge in [0.1, 0.15) is 19.0 Å². The number of ether oxygens (including phenoxy) is 4. The van der Waals surface area contributed by atoms with E-state index in [-0.39, 0.29) is 41.2 Å². The molecule has 0 saturated heterocycles. The van der Waals surface area contributed by atoms with Crippen LogP contribution in [-0.4, -0.2) is 55.2 Å². The van der Waals surface area contributed by atoms with Crippen molar-refractivity contribution in [1.29, 1.82) is 0 Å². The molecule has 12 nitrogen and oxygen atoms in total. The van der Waals surface area contributed by atoms with E-state index in [2.05, 4.69) is 10.3 Å². The second-order valence-electron chi connectivity index (χ2n) is 9.00. The summed E-state index contributed by atoms with van der Waals surface area (Å²) in [4.78, 5) is 54.2. The topological polar surface area (TPSA) is 156 Å². The minimum atomic E-state index is -1.14. The molecule has 1 aliphatic heterocycles. The van der Waals surface area contributed by atoms with E-state index < -0.39 is 28.7 Å². The van der Waals surface area contributed by atoms with Crippen molar-refractivity contribution in [2.45, 2.75) is 19.8 Å². The number of dihydropyridines is 1. The zero-order chi connectivity index (χ0) is 29.7. The third-order valence-corrected chi connectivity index (χ3v) is 6.50. The number of para-hydroxylation sites is 1. The number of allylic oxidation sites excluding steroid dienone is 2. The van der Waals surface area contributed by atoms with Crippen molar-refractivity contribution in [3.8, 4) is 5.75 Å². The Morgan fingerprint density at radius 3 is 2.24 bits per heavy atom. The maximum atomic E-state index is 13.3. The van der Waals surface area contributed by atoms with Gasteiger partial charge >= 0.3 is 17.9 Å². The maximum absolute atomic E-state index is 13.3. The number of pyridine rings is 1. The number of nitro benzene ring substituents is 1. The summed E-state index contributed by atoms with van der Waals surface area (Å²) in [6.07, 6.45) is 1.38. The number of hydrogen-bond acceptors (Lipinski definition) is 11. The quantitative estimate of drug-likeness (QED) is 0.133. The largest absolute Gasteiger partial charge is 0.497 e. The van der Waals surface area contributed by atoms with E-state index in [1.807, 2.05) is 0 Å². The van der Waals surface area contributed by atoms with E-state index in [1.54, 1.807) is 44.2 Å². The summed E-state index contributed by atoms with van der Waals surface area (Å²) in [7, 11) is 2.71. The first-order valence-electron chi connectivity index (χ1n) is 12.4. The Labute approximate surface area is 234 Å². The maximum Gasteiger partial charge on any atom is 0.339 e. The fourth-order valence-corrected chi connectivity index (χ4v) is 4.63. The lowest BCUT2D eigenvalue weighted by Crippen LogP contribution is -2.33. The molecule has 4 rings (SSSR count). The molecule has 41 heavy (non-hydrogen) atoms. The van der Waals surface area contributed by atoms with Gasteiger partial charge in [0.2, 0.25) is 0 Å². The normalized spacial score (nSPS) is 14.8. The zero-order valence-corrected chi connectivity index (χ0v) is 22.8. The van der Waals surface area contributed by atoms with Gasteiger partial charge in [-0.25, -0.2) is 14.4 Å². The molecule has 2 heterocycles. The Balaban J connectivity index is 1.51. The smallest absolute Gasteiger partial charge is 0.339 e. The number of hydrogen-bond donors (Lipinski definition) is 1. The molecule has 1 N–H and O–H groups in total. The molecule has 1 unspecified atom stereocenters. The molecule has 0 bridgehead atoms. The number of carbonyl (C=O) groups excluding carboxylic acids is 3. The second kappa shape index (κ2) is 12.3. The van der Waals surface area contributed by atoms with Gasteiger partial charge in [-0.15, -0.1) is 0 Å². The average molecular weight is 562 g/mol. The van der Waals surface area contributed by atoms with E-state index in [0.29, 0.717) is 28.0 Å². The SMILES string of the molecule is COC(=O)C1=C(C)NC(C)=C(C(=O)OCCOC(=O)c2cnc3ccc(OC)cc3c2)C1c1ccccc1[N+](=O)[O-]. The van der Waals surface area contributed by atoms with Gasteiger partial charge in [-0.05, 0) is 38.1 Å². The van der Waals surface area contributed by atoms with E-state index in [4.69, 9.17) is 18.9 Å². The van der Waals surface area contributed by atoms with Crippen molar-refractivity contribution in [2.24, 2.45) is 0 Å². The molecular formula is C29H27N3O9. The molecule has 1 aromatic heterocycles. The molecule has 1 aliphatic rings. The van der Waals surface area contributed by atoms with E-state index in [0.717, 1.165) is 0 Å². The average Bonchev–Trinajstić information content (AvgIpc) is 2.97. The summed E-state index contributed by atoms with van der Waals surface area (Å²) in [6, 6.07) is 12.7. The summed E-state index contributed by atoms with van der Waals surface area (Å²) in [6.45, 7) is 2.62. The molecular weight excluding hydrogens is 534 g/mol. The van der Waals surface area contributed by atoms with Crippen LogP contribution in [0.3, 0.4) is 0 Å². The van der Waals surface area contributed by atoms with Gasteiger partial charge in [0, 0.05) is 34.6 Å². The number of esters is 3. The lowest BCUT2D eigenvalue weighted by molar-refractivity contribution is -0.385. The van der Waals surface area contributed by atoms with Crippen molar-refractivity contribution in [3.05, 3.63) is 98.5 Å². The number of rotatable bonds is 9. The van der Waals surface area contributed by atoms with Crippen LogP contribution in [0.1, 0.15) is 35.7 Å². The predicted octanol–water partition coefficient (Wildman–Crippen LogP) is 3.96. The molecule has 0 amide bonds. The fraction of sp³-hybridized carbons (Fsp3) is 0.241. The third kappa shape index (κ3) is 6.01. The molecule has 3 aromatic rings. The van der Waals surface area contributed by atoms with Crippen molar-refractivity contribution < 1.29 is 38.3 Å². The van der Waals surface area contributed by atoms with Crippen molar-refractivity contribution >= 4 is 34.5 Å². The summed E-state index contributed by atoms with van der Waals surface area (Å²) in [5.74, 6) is -2.80. The van der Waals surface area contributed by atoms with Gasteiger partial charge in [-0.3, -0.25) is 15.1 Å². The van der Waals surface area contributed by atoms with Gasteiger partial charge in [-0.1, -0.05) is 18.2 Å². The molecule has 1 atom stereocenters. The van der Waals surface area contributed by atoms with Crippen LogP contribution in [0, 0.1) is 10.1 Å². The zero-order valence-electron chi connectivity index (χ0n) is 22.8. The van der Waals surface area contributed by atoms with Crippen LogP contribution >= 0.6 is 0 Å². The van der Waals surface area contributed by atoms with Crippen molar-refractivity contribution in [3.63, 3.8) is 0 Å². The van der Waals surface area contributed by atoms with Crippen LogP contribution in [-0.2, 0) is 23.8 Å². The molecule has 0 saturated carbocycles. The second-order valence-corrected chi connectivity index (χ2v) is 9.00. The number of carbonyl (C=O) groups is 3. The molecule has 0 radical (unpaired) electrons. The highest BCUT2D eigenvalue weighted by atomic mass is 16.6. The number of benzene rings is 2. The number of nitrogens with one attached hydrogen (secondary N) is 1. The van der Waals surface area contributed by atoms with E-state index >= 15 is 0 Å². The van der Waals surface area contributed by atoms with E-state index in [9.17, 15) is 24.5 Å². The third-order valence-electron chi connectivity index (χ3n) is 6.50. The minimum Gasteiger partial charge on any atom is -0.497 e. The van der Waals surface area contributed by atoms with Gasteiger partial charge in [0.15, 0.2) is 0 Å². The Kier molecular flexibility index (Phi) is 8.61. The number of nitro groups is 1. The molecule has 212 valence electrons. The van der Waals surface area contributed by atoms with Gasteiger partial charge < -0.3 is 24.3 Å². The first kappa shape index (κ1) is 28.7. The first-order valence-corrected chi connectivity index (χ1v) is 12.4. The lowest BCUT2D eigenvalue weighted by Gasteiger charge is -2.30. The summed E-state index contributed by atoms with van der Waals surface area (Å²) < 4.78 is 20.8. The monoisotopic (exact) mass is 561 g/mol. The highest BCUT2D eigenvalue weighted by molar-refractivity contribution is 6.00. The molecule has 12 heteroatoms. The van der Waals surface area contributed by atoms with Gasteiger partial charge in [0.05, 0.1) is 47.3 Å². The number of aromatic nitrogens is 1. The highest BCUT2D eigenvalue weighted by Crippen LogP contribution is 2.42. The number of methoxy groups -OCH3 is 2. The molecule has 0 fully saturated rings. The fourth-order valence-electron chi connectivity index (χ4n) is 4.63. The van der Waals surface area contributed by atoms with Crippen LogP contribution in [0.5, 0.6) is 5.75 Å². The van der Waals surface area contributed by atoms with Crippen molar-refractivity contribution in [1.82, 2.24) is 10.3 Å². The van der Waals surface area contributed by atoms with Gasteiger partial charge in [-0.2, -0.15) is 0 Å². The Morgan fingerprint density at radius 1 is 0.927 bits per heavy atom.